The molecule has 2 saturated carbocycles. The lowest BCUT2D eigenvalue weighted by molar-refractivity contribution is -0.175. The van der Waals surface area contributed by atoms with Crippen LogP contribution in [0.3, 0.4) is 0 Å². The number of cyclic esters (lactones) is 1. The first kappa shape index (κ1) is 11.1. The first-order valence-electron chi connectivity index (χ1n) is 5.16. The van der Waals surface area contributed by atoms with Gasteiger partial charge < -0.3 is 4.74 Å². The fourth-order valence-corrected chi connectivity index (χ4v) is 3.34. The van der Waals surface area contributed by atoms with E-state index in [1.807, 2.05) is 0 Å². The van der Waals surface area contributed by atoms with E-state index in [1.54, 1.807) is 0 Å². The number of rotatable bonds is 0. The quantitative estimate of drug-likeness (QED) is 0.389. The summed E-state index contributed by atoms with van der Waals surface area (Å²) in [7, 11) is 0. The Morgan fingerprint density at radius 3 is 2.06 bits per heavy atom. The van der Waals surface area contributed by atoms with Gasteiger partial charge in [-0.15, -0.1) is 0 Å². The van der Waals surface area contributed by atoms with Gasteiger partial charge in [0.15, 0.2) is 11.9 Å². The maximum Gasteiger partial charge on any atom is 0.320 e. The highest BCUT2D eigenvalue weighted by atomic mass is 35.6. The molecule has 1 heterocycles. The Morgan fingerprint density at radius 1 is 1.12 bits per heavy atom. The highest BCUT2D eigenvalue weighted by molar-refractivity contribution is 6.68. The van der Waals surface area contributed by atoms with Crippen LogP contribution in [-0.4, -0.2) is 21.6 Å². The Kier molecular flexibility index (Phi) is 2.00. The second kappa shape index (κ2) is 2.88. The van der Waals surface area contributed by atoms with Crippen LogP contribution < -0.4 is 0 Å². The molecule has 16 heavy (non-hydrogen) atoms. The van der Waals surface area contributed by atoms with E-state index in [0.717, 1.165) is 0 Å². The molecule has 2 spiro atoms. The smallest absolute Gasteiger partial charge is 0.320 e. The first-order chi connectivity index (χ1) is 7.33. The molecule has 0 aromatic heterocycles. The molecule has 1 atom stereocenters. The van der Waals surface area contributed by atoms with Crippen LogP contribution in [0.1, 0.15) is 25.7 Å². The number of ether oxygens (including phenoxy) is 1. The standard InChI is InChI=1S/C10H9Cl3O3/c11-10(12,13)6-8(1-2-8)5(14)9(3-4-9)7(15)16-6/h6H,1-4H2. The Balaban J connectivity index is 2.00. The fraction of sp³-hybridized carbons (Fsp3) is 0.800. The number of ketones is 1. The third kappa shape index (κ3) is 1.22. The second-order valence-corrected chi connectivity index (χ2v) is 7.26. The van der Waals surface area contributed by atoms with Crippen molar-refractivity contribution in [2.45, 2.75) is 35.6 Å². The van der Waals surface area contributed by atoms with Crippen molar-refractivity contribution in [1.29, 1.82) is 0 Å². The summed E-state index contributed by atoms with van der Waals surface area (Å²) in [5.41, 5.74) is -1.60. The molecule has 6 heteroatoms. The predicted octanol–water partition coefficient (Wildman–Crippen LogP) is 2.41. The largest absolute Gasteiger partial charge is 0.456 e. The molecule has 3 aliphatic rings. The van der Waals surface area contributed by atoms with Crippen molar-refractivity contribution >= 4 is 46.6 Å². The average molecular weight is 284 g/mol. The Hall–Kier alpha value is 0.01000. The van der Waals surface area contributed by atoms with Gasteiger partial charge in [-0.25, -0.2) is 0 Å². The number of hydrogen-bond donors (Lipinski definition) is 0. The summed E-state index contributed by atoms with van der Waals surface area (Å²) < 4.78 is 3.50. The molecule has 88 valence electrons. The number of carbonyl (C=O) groups is 2. The van der Waals surface area contributed by atoms with Gasteiger partial charge in [0.1, 0.15) is 5.41 Å². The van der Waals surface area contributed by atoms with Gasteiger partial charge in [0, 0.05) is 0 Å². The van der Waals surface area contributed by atoms with E-state index in [4.69, 9.17) is 39.5 Å². The molecular formula is C10H9Cl3O3. The lowest BCUT2D eigenvalue weighted by Crippen LogP contribution is -2.53. The van der Waals surface area contributed by atoms with Crippen molar-refractivity contribution < 1.29 is 14.3 Å². The molecule has 0 amide bonds. The highest BCUT2D eigenvalue weighted by Gasteiger charge is 2.75. The van der Waals surface area contributed by atoms with Crippen LogP contribution in [0.2, 0.25) is 0 Å². The zero-order chi connectivity index (χ0) is 11.8. The van der Waals surface area contributed by atoms with E-state index in [2.05, 4.69) is 0 Å². The molecule has 3 nitrogen and oxygen atoms in total. The molecular weight excluding hydrogens is 274 g/mol. The third-order valence-corrected chi connectivity index (χ3v) is 4.43. The van der Waals surface area contributed by atoms with Crippen molar-refractivity contribution in [3.8, 4) is 0 Å². The number of hydrogen-bond acceptors (Lipinski definition) is 3. The zero-order valence-corrected chi connectivity index (χ0v) is 10.5. The van der Waals surface area contributed by atoms with E-state index in [9.17, 15) is 9.59 Å². The van der Waals surface area contributed by atoms with Crippen molar-refractivity contribution in [2.75, 3.05) is 0 Å². The van der Waals surface area contributed by atoms with E-state index in [0.29, 0.717) is 25.7 Å². The van der Waals surface area contributed by atoms with Crippen molar-refractivity contribution in [1.82, 2.24) is 0 Å². The number of carbonyl (C=O) groups excluding carboxylic acids is 2. The average Bonchev–Trinajstić information content (AvgIpc) is 3.04. The maximum atomic E-state index is 12.3. The van der Waals surface area contributed by atoms with Crippen LogP contribution >= 0.6 is 34.8 Å². The summed E-state index contributed by atoms with van der Waals surface area (Å²) in [6.45, 7) is 0. The highest BCUT2D eigenvalue weighted by Crippen LogP contribution is 2.67. The monoisotopic (exact) mass is 282 g/mol. The predicted molar refractivity (Wildman–Crippen MR) is 58.5 cm³/mol. The van der Waals surface area contributed by atoms with Crippen molar-refractivity contribution in [3.05, 3.63) is 0 Å². The first-order valence-corrected chi connectivity index (χ1v) is 6.29. The number of Topliss-reactive ketones (excluding diaryl/α,β-unsaturated/α-hetero) is 1. The normalized spacial score (nSPS) is 34.1. The third-order valence-electron chi connectivity index (χ3n) is 3.84. The molecule has 0 radical (unpaired) electrons. The van der Waals surface area contributed by atoms with Crippen LogP contribution in [-0.2, 0) is 14.3 Å². The summed E-state index contributed by atoms with van der Waals surface area (Å²) in [5, 5.41) is 0. The van der Waals surface area contributed by atoms with Gasteiger partial charge in [-0.05, 0) is 25.7 Å². The summed E-state index contributed by atoms with van der Waals surface area (Å²) in [4.78, 5) is 24.0. The molecule has 3 rings (SSSR count). The van der Waals surface area contributed by atoms with Gasteiger partial charge in [-0.2, -0.15) is 0 Å². The van der Waals surface area contributed by atoms with Crippen molar-refractivity contribution in [3.63, 3.8) is 0 Å². The van der Waals surface area contributed by atoms with E-state index in [-0.39, 0.29) is 5.78 Å². The molecule has 0 aromatic carbocycles. The number of esters is 1. The maximum absolute atomic E-state index is 12.3. The van der Waals surface area contributed by atoms with Crippen LogP contribution in [0.5, 0.6) is 0 Å². The fourth-order valence-electron chi connectivity index (χ4n) is 2.58. The minimum Gasteiger partial charge on any atom is -0.456 e. The van der Waals surface area contributed by atoms with E-state index < -0.39 is 26.7 Å². The van der Waals surface area contributed by atoms with Crippen LogP contribution in [0, 0.1) is 10.8 Å². The second-order valence-electron chi connectivity index (χ2n) is 4.89. The Morgan fingerprint density at radius 2 is 1.69 bits per heavy atom. The lowest BCUT2D eigenvalue weighted by Gasteiger charge is -2.38. The van der Waals surface area contributed by atoms with Gasteiger partial charge >= 0.3 is 5.97 Å². The summed E-state index contributed by atoms with van der Waals surface area (Å²) >= 11 is 17.3. The summed E-state index contributed by atoms with van der Waals surface area (Å²) in [6, 6.07) is 0. The number of alkyl halides is 3. The van der Waals surface area contributed by atoms with Gasteiger partial charge in [-0.1, -0.05) is 34.8 Å². The molecule has 3 fully saturated rings. The SMILES string of the molecule is O=C1OC(C(Cl)(Cl)Cl)C2(CC2)C(=O)C12CC2. The molecule has 2 aliphatic carbocycles. The summed E-state index contributed by atoms with van der Waals surface area (Å²) in [5.74, 6) is -0.570. The van der Waals surface area contributed by atoms with Crippen LogP contribution in [0.25, 0.3) is 0 Å². The zero-order valence-electron chi connectivity index (χ0n) is 8.26. The van der Waals surface area contributed by atoms with Gasteiger partial charge in [0.2, 0.25) is 3.79 Å². The molecule has 0 aromatic rings. The van der Waals surface area contributed by atoms with E-state index >= 15 is 0 Å². The minimum absolute atomic E-state index is 0.0624. The molecule has 0 N–H and O–H groups in total. The molecule has 1 aliphatic heterocycles. The molecule has 0 bridgehead atoms. The molecule has 1 saturated heterocycles. The van der Waals surface area contributed by atoms with Crippen LogP contribution in [0.4, 0.5) is 0 Å². The Bertz CT molecular complexity index is 391. The Labute approximate surface area is 107 Å². The van der Waals surface area contributed by atoms with E-state index in [1.165, 1.54) is 0 Å². The van der Waals surface area contributed by atoms with Gasteiger partial charge in [0.25, 0.3) is 0 Å². The van der Waals surface area contributed by atoms with Crippen LogP contribution in [0.15, 0.2) is 0 Å². The number of halogens is 3. The molecule has 1 unspecified atom stereocenters. The van der Waals surface area contributed by atoms with Gasteiger partial charge in [0.05, 0.1) is 5.41 Å². The minimum atomic E-state index is -1.72. The van der Waals surface area contributed by atoms with Gasteiger partial charge in [-0.3, -0.25) is 9.59 Å². The lowest BCUT2D eigenvalue weighted by atomic mass is 9.81. The summed E-state index contributed by atoms with van der Waals surface area (Å²) in [6.07, 6.45) is 1.55. The topological polar surface area (TPSA) is 43.4 Å². The van der Waals surface area contributed by atoms with Crippen molar-refractivity contribution in [2.24, 2.45) is 10.8 Å².